The van der Waals surface area contributed by atoms with Gasteiger partial charge >= 0.3 is 6.36 Å². The van der Waals surface area contributed by atoms with Crippen LogP contribution in [0.25, 0.3) is 0 Å². The van der Waals surface area contributed by atoms with Crippen LogP contribution in [-0.4, -0.2) is 51.3 Å². The Kier molecular flexibility index (Phi) is 8.46. The molecule has 1 atom stereocenters. The summed E-state index contributed by atoms with van der Waals surface area (Å²) in [6.45, 7) is 1.89. The van der Waals surface area contributed by atoms with Crippen molar-refractivity contribution in [1.29, 1.82) is 0 Å². The first-order chi connectivity index (χ1) is 18.5. The van der Waals surface area contributed by atoms with Crippen molar-refractivity contribution in [2.24, 2.45) is 0 Å². The molecule has 7 nitrogen and oxygen atoms in total. The molecule has 1 amide bonds. The SMILES string of the molecule is COc1cc(OCCO)cc(N(C)C(C(=O)N2CCc3c(C)cc(OC(F)(F)F)cc32)c2ccc(Cl)cc2)c1. The molecule has 1 N–H and O–H groups in total. The van der Waals surface area contributed by atoms with Crippen LogP contribution in [0, 0.1) is 6.92 Å². The number of aryl methyl sites for hydroxylation is 1. The van der Waals surface area contributed by atoms with Crippen LogP contribution in [0.5, 0.6) is 17.2 Å². The average Bonchev–Trinajstić information content (AvgIpc) is 3.32. The summed E-state index contributed by atoms with van der Waals surface area (Å²) in [7, 11) is 3.23. The van der Waals surface area contributed by atoms with Crippen LogP contribution >= 0.6 is 11.6 Å². The molecule has 11 heteroatoms. The fourth-order valence-corrected chi connectivity index (χ4v) is 4.82. The number of amides is 1. The van der Waals surface area contributed by atoms with Gasteiger partial charge in [-0.1, -0.05) is 23.7 Å². The van der Waals surface area contributed by atoms with Crippen LogP contribution in [0.1, 0.15) is 22.7 Å². The first-order valence-electron chi connectivity index (χ1n) is 12.1. The van der Waals surface area contributed by atoms with Crippen molar-refractivity contribution >= 4 is 28.9 Å². The Bertz CT molecular complexity index is 1330. The fraction of sp³-hybridized carbons (Fsp3) is 0.321. The van der Waals surface area contributed by atoms with E-state index in [2.05, 4.69) is 4.74 Å². The number of alkyl halides is 3. The van der Waals surface area contributed by atoms with Crippen LogP contribution in [-0.2, 0) is 11.2 Å². The molecule has 208 valence electrons. The van der Waals surface area contributed by atoms with E-state index in [1.54, 1.807) is 61.3 Å². The molecule has 1 aliphatic rings. The molecule has 0 fully saturated rings. The third-order valence-corrected chi connectivity index (χ3v) is 6.73. The maximum Gasteiger partial charge on any atom is 0.573 e. The minimum atomic E-state index is -4.86. The number of benzene rings is 3. The molecule has 4 rings (SSSR count). The molecule has 0 saturated carbocycles. The number of ether oxygens (including phenoxy) is 3. The summed E-state index contributed by atoms with van der Waals surface area (Å²) < 4.78 is 54.1. The van der Waals surface area contributed by atoms with Crippen LogP contribution in [0.4, 0.5) is 24.5 Å². The van der Waals surface area contributed by atoms with Gasteiger partial charge in [0, 0.05) is 48.6 Å². The van der Waals surface area contributed by atoms with Crippen molar-refractivity contribution in [1.82, 2.24) is 0 Å². The quantitative estimate of drug-likeness (QED) is 0.360. The molecule has 39 heavy (non-hydrogen) atoms. The minimum Gasteiger partial charge on any atom is -0.497 e. The number of aliphatic hydroxyl groups is 1. The number of nitrogens with zero attached hydrogens (tertiary/aromatic N) is 2. The Balaban J connectivity index is 1.76. The number of hydrogen-bond acceptors (Lipinski definition) is 6. The third-order valence-electron chi connectivity index (χ3n) is 6.47. The second kappa shape index (κ2) is 11.6. The number of anilines is 2. The zero-order chi connectivity index (χ0) is 28.3. The number of aliphatic hydroxyl groups excluding tert-OH is 1. The molecule has 3 aromatic carbocycles. The van der Waals surface area contributed by atoms with Crippen LogP contribution in [0.15, 0.2) is 54.6 Å². The van der Waals surface area contributed by atoms with Crippen LogP contribution in [0.2, 0.25) is 5.02 Å². The number of carbonyl (C=O) groups excluding carboxylic acids is 1. The highest BCUT2D eigenvalue weighted by Crippen LogP contribution is 2.40. The number of likely N-dealkylation sites (N-methyl/N-ethyl adjacent to an activating group) is 1. The average molecular weight is 565 g/mol. The van der Waals surface area contributed by atoms with Crippen molar-refractivity contribution in [3.05, 3.63) is 76.3 Å². The normalized spacial score (nSPS) is 13.6. The molecule has 0 radical (unpaired) electrons. The summed E-state index contributed by atoms with van der Waals surface area (Å²) in [5, 5.41) is 9.66. The molecule has 3 aromatic rings. The van der Waals surface area contributed by atoms with Gasteiger partial charge in [0.25, 0.3) is 5.91 Å². The lowest BCUT2D eigenvalue weighted by Gasteiger charge is -2.33. The summed E-state index contributed by atoms with van der Waals surface area (Å²) in [5.74, 6) is 0.186. The number of fused-ring (bicyclic) bond motifs is 1. The van der Waals surface area contributed by atoms with Gasteiger partial charge in [0.1, 0.15) is 29.9 Å². The van der Waals surface area contributed by atoms with Crippen molar-refractivity contribution in [2.75, 3.05) is 43.7 Å². The van der Waals surface area contributed by atoms with E-state index < -0.39 is 12.4 Å². The molecular formula is C28H28ClF3N2O5. The van der Waals surface area contributed by atoms with Crippen molar-refractivity contribution in [3.63, 3.8) is 0 Å². The predicted octanol–water partition coefficient (Wildman–Crippen LogP) is 5.69. The standard InChI is InChI=1S/C28H28ClF3N2O5/c1-17-12-23(39-28(30,31)32)16-25-24(17)8-9-34(25)27(36)26(18-4-6-19(29)7-5-18)33(2)20-13-21(37-3)15-22(14-20)38-11-10-35/h4-7,12-16,26,35H,8-11H2,1-3H3. The van der Waals surface area contributed by atoms with Gasteiger partial charge in [-0.3, -0.25) is 4.79 Å². The Hall–Kier alpha value is -3.63. The molecule has 0 aliphatic carbocycles. The zero-order valence-electron chi connectivity index (χ0n) is 21.6. The summed E-state index contributed by atoms with van der Waals surface area (Å²) >= 11 is 6.11. The van der Waals surface area contributed by atoms with Crippen molar-refractivity contribution in [3.8, 4) is 17.2 Å². The molecule has 0 saturated heterocycles. The largest absolute Gasteiger partial charge is 0.573 e. The molecule has 1 aliphatic heterocycles. The number of hydrogen-bond donors (Lipinski definition) is 1. The Morgan fingerprint density at radius 2 is 1.79 bits per heavy atom. The van der Waals surface area contributed by atoms with E-state index in [0.717, 1.165) is 5.56 Å². The van der Waals surface area contributed by atoms with Crippen molar-refractivity contribution in [2.45, 2.75) is 25.7 Å². The highest BCUT2D eigenvalue weighted by Gasteiger charge is 2.37. The second-order valence-electron chi connectivity index (χ2n) is 9.03. The van der Waals surface area contributed by atoms with Gasteiger partial charge in [-0.05, 0) is 48.2 Å². The van der Waals surface area contributed by atoms with Gasteiger partial charge in [0.2, 0.25) is 0 Å². The Labute approximate surface area is 229 Å². The summed E-state index contributed by atoms with van der Waals surface area (Å²) in [5.41, 5.74) is 2.98. The topological polar surface area (TPSA) is 71.5 Å². The fourth-order valence-electron chi connectivity index (χ4n) is 4.70. The maximum absolute atomic E-state index is 14.2. The van der Waals surface area contributed by atoms with Gasteiger partial charge < -0.3 is 29.1 Å². The predicted molar refractivity (Wildman–Crippen MR) is 142 cm³/mol. The lowest BCUT2D eigenvalue weighted by Crippen LogP contribution is -2.41. The highest BCUT2D eigenvalue weighted by atomic mass is 35.5. The first kappa shape index (κ1) is 28.4. The first-order valence-corrected chi connectivity index (χ1v) is 12.5. The monoisotopic (exact) mass is 564 g/mol. The third kappa shape index (κ3) is 6.51. The molecular weight excluding hydrogens is 537 g/mol. The molecule has 0 aromatic heterocycles. The number of carbonyl (C=O) groups is 1. The Morgan fingerprint density at radius 1 is 1.10 bits per heavy atom. The lowest BCUT2D eigenvalue weighted by molar-refractivity contribution is -0.274. The van der Waals surface area contributed by atoms with E-state index in [9.17, 15) is 18.0 Å². The van der Waals surface area contributed by atoms with E-state index in [-0.39, 0.29) is 24.9 Å². The summed E-state index contributed by atoms with van der Waals surface area (Å²) in [6.07, 6.45) is -4.36. The summed E-state index contributed by atoms with van der Waals surface area (Å²) in [6, 6.07) is 13.6. The smallest absolute Gasteiger partial charge is 0.497 e. The van der Waals surface area contributed by atoms with Gasteiger partial charge in [0.05, 0.1) is 19.4 Å². The minimum absolute atomic E-state index is 0.0715. The van der Waals surface area contributed by atoms with E-state index in [1.807, 2.05) is 0 Å². The Morgan fingerprint density at radius 3 is 2.44 bits per heavy atom. The number of halogens is 4. The molecule has 1 unspecified atom stereocenters. The number of rotatable bonds is 9. The molecule has 0 spiro atoms. The summed E-state index contributed by atoms with van der Waals surface area (Å²) in [4.78, 5) is 17.4. The zero-order valence-corrected chi connectivity index (χ0v) is 22.3. The van der Waals surface area contributed by atoms with Crippen molar-refractivity contribution < 1.29 is 37.3 Å². The van der Waals surface area contributed by atoms with Gasteiger partial charge in [-0.25, -0.2) is 0 Å². The van der Waals surface area contributed by atoms with Gasteiger partial charge in [-0.2, -0.15) is 0 Å². The van der Waals surface area contributed by atoms with Gasteiger partial charge in [-0.15, -0.1) is 13.2 Å². The van der Waals surface area contributed by atoms with E-state index in [1.165, 1.54) is 24.1 Å². The molecule has 0 bridgehead atoms. The second-order valence-corrected chi connectivity index (χ2v) is 9.47. The van der Waals surface area contributed by atoms with E-state index >= 15 is 0 Å². The van der Waals surface area contributed by atoms with E-state index in [0.29, 0.717) is 52.0 Å². The number of methoxy groups -OCH3 is 1. The van der Waals surface area contributed by atoms with Gasteiger partial charge in [0.15, 0.2) is 0 Å². The lowest BCUT2D eigenvalue weighted by atomic mass is 10.0. The molecule has 1 heterocycles. The van der Waals surface area contributed by atoms with E-state index in [4.69, 9.17) is 26.2 Å². The highest BCUT2D eigenvalue weighted by molar-refractivity contribution is 6.30. The van der Waals surface area contributed by atoms with Crippen LogP contribution < -0.4 is 24.0 Å². The van der Waals surface area contributed by atoms with Crippen LogP contribution in [0.3, 0.4) is 0 Å². The maximum atomic E-state index is 14.2.